The van der Waals surface area contributed by atoms with E-state index in [1.807, 2.05) is 24.3 Å². The highest BCUT2D eigenvalue weighted by Crippen LogP contribution is 2.23. The quantitative estimate of drug-likeness (QED) is 0.626. The molecule has 3 rings (SSSR count). The van der Waals surface area contributed by atoms with E-state index < -0.39 is 5.82 Å². The molecule has 0 amide bonds. The second-order valence-electron chi connectivity index (χ2n) is 6.40. The van der Waals surface area contributed by atoms with Crippen molar-refractivity contribution in [2.45, 2.75) is 19.0 Å². The van der Waals surface area contributed by atoms with Crippen LogP contribution in [0.15, 0.2) is 47.5 Å². The number of nitrogens with zero attached hydrogens (tertiary/aromatic N) is 3. The summed E-state index contributed by atoms with van der Waals surface area (Å²) < 4.78 is 14.0. The zero-order valence-corrected chi connectivity index (χ0v) is 15.8. The SMILES string of the molecule is CN=C(NCc1ccc(C#N)cc1F)NC1CCN(c2cccc(Cl)c2)C1. The Labute approximate surface area is 163 Å². The fourth-order valence-electron chi connectivity index (χ4n) is 3.11. The van der Waals surface area contributed by atoms with Crippen LogP contribution in [0.2, 0.25) is 5.02 Å². The van der Waals surface area contributed by atoms with Gasteiger partial charge in [-0.2, -0.15) is 5.26 Å². The highest BCUT2D eigenvalue weighted by Gasteiger charge is 2.23. The van der Waals surface area contributed by atoms with E-state index in [9.17, 15) is 4.39 Å². The Bertz CT molecular complexity index is 877. The highest BCUT2D eigenvalue weighted by atomic mass is 35.5. The van der Waals surface area contributed by atoms with Crippen molar-refractivity contribution in [1.29, 1.82) is 5.26 Å². The zero-order chi connectivity index (χ0) is 19.2. The molecule has 2 N–H and O–H groups in total. The molecule has 0 aliphatic carbocycles. The van der Waals surface area contributed by atoms with Gasteiger partial charge in [-0.15, -0.1) is 0 Å². The fraction of sp³-hybridized carbons (Fsp3) is 0.300. The molecule has 7 heteroatoms. The van der Waals surface area contributed by atoms with E-state index in [-0.39, 0.29) is 6.04 Å². The molecule has 0 spiro atoms. The third-order valence-corrected chi connectivity index (χ3v) is 4.79. The molecule has 0 aromatic heterocycles. The largest absolute Gasteiger partial charge is 0.369 e. The third-order valence-electron chi connectivity index (χ3n) is 4.55. The van der Waals surface area contributed by atoms with Crippen LogP contribution in [0.1, 0.15) is 17.5 Å². The van der Waals surface area contributed by atoms with Gasteiger partial charge in [0.15, 0.2) is 5.96 Å². The van der Waals surface area contributed by atoms with Gasteiger partial charge >= 0.3 is 0 Å². The number of aliphatic imine (C=N–C) groups is 1. The molecule has 1 heterocycles. The van der Waals surface area contributed by atoms with Crippen molar-refractivity contribution in [3.05, 3.63) is 64.4 Å². The number of rotatable bonds is 4. The van der Waals surface area contributed by atoms with E-state index >= 15 is 0 Å². The normalized spacial score (nSPS) is 16.9. The van der Waals surface area contributed by atoms with Crippen molar-refractivity contribution in [3.8, 4) is 6.07 Å². The third kappa shape index (κ3) is 4.89. The summed E-state index contributed by atoms with van der Waals surface area (Å²) in [6, 6.07) is 14.5. The molecule has 0 saturated carbocycles. The molecule has 1 fully saturated rings. The molecule has 0 radical (unpaired) electrons. The van der Waals surface area contributed by atoms with Crippen LogP contribution in [0, 0.1) is 17.1 Å². The van der Waals surface area contributed by atoms with Crippen molar-refractivity contribution in [1.82, 2.24) is 10.6 Å². The molecule has 1 aliphatic rings. The monoisotopic (exact) mass is 385 g/mol. The molecule has 1 saturated heterocycles. The summed E-state index contributed by atoms with van der Waals surface area (Å²) in [5.74, 6) is 0.224. The molecule has 27 heavy (non-hydrogen) atoms. The second kappa shape index (κ2) is 8.74. The maximum atomic E-state index is 14.0. The van der Waals surface area contributed by atoms with Gasteiger partial charge in [0.25, 0.3) is 0 Å². The van der Waals surface area contributed by atoms with E-state index in [1.54, 1.807) is 19.2 Å². The van der Waals surface area contributed by atoms with Gasteiger partial charge in [0, 0.05) is 49.0 Å². The molecule has 1 unspecified atom stereocenters. The van der Waals surface area contributed by atoms with E-state index in [2.05, 4.69) is 26.6 Å². The lowest BCUT2D eigenvalue weighted by Crippen LogP contribution is -2.44. The van der Waals surface area contributed by atoms with Crippen LogP contribution in [-0.4, -0.2) is 32.1 Å². The fourth-order valence-corrected chi connectivity index (χ4v) is 3.30. The van der Waals surface area contributed by atoms with E-state index in [1.165, 1.54) is 6.07 Å². The van der Waals surface area contributed by atoms with Gasteiger partial charge in [-0.1, -0.05) is 23.7 Å². The number of nitrogens with one attached hydrogen (secondary N) is 2. The summed E-state index contributed by atoms with van der Waals surface area (Å²) in [4.78, 5) is 6.50. The first-order valence-corrected chi connectivity index (χ1v) is 9.13. The average molecular weight is 386 g/mol. The van der Waals surface area contributed by atoms with Crippen LogP contribution >= 0.6 is 11.6 Å². The van der Waals surface area contributed by atoms with Crippen molar-refractivity contribution in [3.63, 3.8) is 0 Å². The van der Waals surface area contributed by atoms with Crippen LogP contribution in [0.3, 0.4) is 0 Å². The molecular formula is C20H21ClFN5. The number of nitriles is 1. The standard InChI is InChI=1S/C20H21ClFN5/c1-24-20(25-12-15-6-5-14(11-23)9-19(15)22)26-17-7-8-27(13-17)18-4-2-3-16(21)10-18/h2-6,9-10,17H,7-8,12-13H2,1H3,(H2,24,25,26). The van der Waals surface area contributed by atoms with Crippen LogP contribution in [0.25, 0.3) is 0 Å². The molecule has 2 aromatic rings. The first-order valence-electron chi connectivity index (χ1n) is 8.75. The number of anilines is 1. The number of hydrogen-bond acceptors (Lipinski definition) is 3. The van der Waals surface area contributed by atoms with Gasteiger partial charge in [0.1, 0.15) is 5.82 Å². The van der Waals surface area contributed by atoms with Gasteiger partial charge in [0.2, 0.25) is 0 Å². The Morgan fingerprint density at radius 2 is 2.22 bits per heavy atom. The summed E-state index contributed by atoms with van der Waals surface area (Å²) in [6.07, 6.45) is 0.971. The summed E-state index contributed by atoms with van der Waals surface area (Å²) in [7, 11) is 1.69. The lowest BCUT2D eigenvalue weighted by molar-refractivity contribution is 0.600. The molecule has 140 valence electrons. The molecule has 0 bridgehead atoms. The maximum Gasteiger partial charge on any atom is 0.191 e. The molecule has 5 nitrogen and oxygen atoms in total. The molecule has 2 aromatic carbocycles. The Morgan fingerprint density at radius 1 is 1.37 bits per heavy atom. The minimum Gasteiger partial charge on any atom is -0.369 e. The van der Waals surface area contributed by atoms with Crippen LogP contribution in [0.4, 0.5) is 10.1 Å². The Morgan fingerprint density at radius 3 is 2.93 bits per heavy atom. The minimum absolute atomic E-state index is 0.237. The smallest absolute Gasteiger partial charge is 0.191 e. The van der Waals surface area contributed by atoms with Crippen molar-refractivity contribution < 1.29 is 4.39 Å². The van der Waals surface area contributed by atoms with Gasteiger partial charge < -0.3 is 15.5 Å². The molecule has 1 atom stereocenters. The predicted octanol–water partition coefficient (Wildman–Crippen LogP) is 3.29. The first-order chi connectivity index (χ1) is 13.1. The minimum atomic E-state index is -0.398. The zero-order valence-electron chi connectivity index (χ0n) is 15.0. The topological polar surface area (TPSA) is 63.5 Å². The molecule has 1 aliphatic heterocycles. The summed E-state index contributed by atoms with van der Waals surface area (Å²) in [6.45, 7) is 2.06. The lowest BCUT2D eigenvalue weighted by Gasteiger charge is -2.20. The van der Waals surface area contributed by atoms with Crippen LogP contribution in [-0.2, 0) is 6.54 Å². The predicted molar refractivity (Wildman–Crippen MR) is 107 cm³/mol. The van der Waals surface area contributed by atoms with E-state index in [0.29, 0.717) is 23.6 Å². The second-order valence-corrected chi connectivity index (χ2v) is 6.84. The number of hydrogen-bond donors (Lipinski definition) is 2. The average Bonchev–Trinajstić information content (AvgIpc) is 3.14. The molecular weight excluding hydrogens is 365 g/mol. The van der Waals surface area contributed by atoms with E-state index in [0.717, 1.165) is 30.2 Å². The van der Waals surface area contributed by atoms with Gasteiger partial charge in [-0.25, -0.2) is 4.39 Å². The van der Waals surface area contributed by atoms with Crippen molar-refractivity contribution in [2.24, 2.45) is 4.99 Å². The van der Waals surface area contributed by atoms with Gasteiger partial charge in [-0.3, -0.25) is 4.99 Å². The number of benzene rings is 2. The first kappa shape index (κ1) is 19.0. The Kier molecular flexibility index (Phi) is 6.15. The summed E-state index contributed by atoms with van der Waals surface area (Å²) >= 11 is 6.08. The Balaban J connectivity index is 1.54. The van der Waals surface area contributed by atoms with Crippen molar-refractivity contribution in [2.75, 3.05) is 25.0 Å². The number of guanidine groups is 1. The summed E-state index contributed by atoms with van der Waals surface area (Å²) in [5, 5.41) is 16.1. The number of halogens is 2. The Hall–Kier alpha value is -2.78. The van der Waals surface area contributed by atoms with Gasteiger partial charge in [0.05, 0.1) is 11.6 Å². The van der Waals surface area contributed by atoms with E-state index in [4.69, 9.17) is 16.9 Å². The summed E-state index contributed by atoms with van der Waals surface area (Å²) in [5.41, 5.74) is 1.91. The maximum absolute atomic E-state index is 14.0. The van der Waals surface area contributed by atoms with Crippen LogP contribution < -0.4 is 15.5 Å². The van der Waals surface area contributed by atoms with Crippen molar-refractivity contribution >= 4 is 23.2 Å². The highest BCUT2D eigenvalue weighted by molar-refractivity contribution is 6.30. The van der Waals surface area contributed by atoms with Gasteiger partial charge in [-0.05, 0) is 36.8 Å². The van der Waals surface area contributed by atoms with Crippen LogP contribution in [0.5, 0.6) is 0 Å². The lowest BCUT2D eigenvalue weighted by atomic mass is 10.1.